The maximum absolute atomic E-state index is 8.44. The smallest absolute Gasteiger partial charge is 0.179 e. The lowest BCUT2D eigenvalue weighted by molar-refractivity contribution is 0.325. The van der Waals surface area contributed by atoms with Crippen LogP contribution in [0, 0.1) is 0 Å². The molecule has 1 aromatic rings. The average molecular weight is 156 g/mol. The summed E-state index contributed by atoms with van der Waals surface area (Å²) >= 11 is 0. The van der Waals surface area contributed by atoms with E-state index in [9.17, 15) is 0 Å². The van der Waals surface area contributed by atoms with Gasteiger partial charge in [-0.3, -0.25) is 0 Å². The molecule has 0 atom stereocenters. The van der Waals surface area contributed by atoms with Gasteiger partial charge in [-0.1, -0.05) is 0 Å². The second-order valence-corrected chi connectivity index (χ2v) is 1.77. The highest BCUT2D eigenvalue weighted by atomic mass is 16.3. The second-order valence-electron chi connectivity index (χ2n) is 1.77. The largest absolute Gasteiger partial charge is 0.393 e. The standard InChI is InChI=1S/C4H8N6O/c5-2-3(6)8-10-9-4(2)7-1-11/h11H,1H2,(H2,5,10)(H3,6,7,8,9). The highest BCUT2D eigenvalue weighted by molar-refractivity contribution is 5.71. The Kier molecular flexibility index (Phi) is 2.02. The van der Waals surface area contributed by atoms with Crippen molar-refractivity contribution in [1.82, 2.24) is 15.4 Å². The first-order valence-electron chi connectivity index (χ1n) is 2.84. The summed E-state index contributed by atoms with van der Waals surface area (Å²) in [5.74, 6) is 0.330. The van der Waals surface area contributed by atoms with E-state index < -0.39 is 0 Å². The van der Waals surface area contributed by atoms with Crippen LogP contribution in [0.25, 0.3) is 0 Å². The molecule has 0 aliphatic carbocycles. The highest BCUT2D eigenvalue weighted by Gasteiger charge is 2.03. The number of nitrogens with two attached hydrogens (primary N) is 2. The molecular formula is C4H8N6O. The fourth-order valence-electron chi connectivity index (χ4n) is 0.550. The predicted octanol–water partition coefficient (Wildman–Crippen LogP) is -1.60. The van der Waals surface area contributed by atoms with E-state index >= 15 is 0 Å². The van der Waals surface area contributed by atoms with E-state index in [2.05, 4.69) is 20.7 Å². The minimum atomic E-state index is -0.275. The lowest BCUT2D eigenvalue weighted by atomic mass is 10.4. The average Bonchev–Trinajstić information content (AvgIpc) is 1.99. The molecule has 0 bridgehead atoms. The molecule has 0 spiro atoms. The van der Waals surface area contributed by atoms with E-state index in [4.69, 9.17) is 16.6 Å². The number of aliphatic hydroxyl groups excluding tert-OH is 1. The third kappa shape index (κ3) is 1.44. The van der Waals surface area contributed by atoms with Crippen molar-refractivity contribution in [3.05, 3.63) is 0 Å². The monoisotopic (exact) mass is 156 g/mol. The molecule has 0 aromatic carbocycles. The molecule has 11 heavy (non-hydrogen) atoms. The number of rotatable bonds is 2. The van der Waals surface area contributed by atoms with E-state index in [1.54, 1.807) is 0 Å². The zero-order valence-electron chi connectivity index (χ0n) is 5.65. The minimum absolute atomic E-state index is 0.0935. The Morgan fingerprint density at radius 1 is 1.36 bits per heavy atom. The number of anilines is 3. The Bertz CT molecular complexity index is 250. The van der Waals surface area contributed by atoms with Gasteiger partial charge in [0.05, 0.1) is 0 Å². The molecule has 0 unspecified atom stereocenters. The number of aromatic nitrogens is 3. The Morgan fingerprint density at radius 3 is 2.73 bits per heavy atom. The zero-order valence-corrected chi connectivity index (χ0v) is 5.65. The first-order valence-corrected chi connectivity index (χ1v) is 2.84. The summed E-state index contributed by atoms with van der Waals surface area (Å²) < 4.78 is 0. The molecule has 0 aliphatic rings. The van der Waals surface area contributed by atoms with Crippen LogP contribution in [-0.4, -0.2) is 27.2 Å². The topological polar surface area (TPSA) is 123 Å². The van der Waals surface area contributed by atoms with Crippen LogP contribution in [0.2, 0.25) is 0 Å². The van der Waals surface area contributed by atoms with E-state index in [-0.39, 0.29) is 24.1 Å². The fraction of sp³-hybridized carbons (Fsp3) is 0.250. The van der Waals surface area contributed by atoms with Crippen LogP contribution in [0.5, 0.6) is 0 Å². The zero-order chi connectivity index (χ0) is 8.27. The third-order valence-corrected chi connectivity index (χ3v) is 1.07. The summed E-state index contributed by atoms with van der Waals surface area (Å²) in [6.45, 7) is -0.275. The maximum atomic E-state index is 8.44. The normalized spacial score (nSPS) is 9.55. The van der Waals surface area contributed by atoms with Gasteiger partial charge < -0.3 is 21.9 Å². The van der Waals surface area contributed by atoms with Crippen LogP contribution < -0.4 is 16.8 Å². The summed E-state index contributed by atoms with van der Waals surface area (Å²) in [4.78, 5) is 0. The van der Waals surface area contributed by atoms with Gasteiger partial charge in [-0.25, -0.2) is 0 Å². The van der Waals surface area contributed by atoms with Gasteiger partial charge >= 0.3 is 0 Å². The van der Waals surface area contributed by atoms with Crippen molar-refractivity contribution >= 4 is 17.3 Å². The van der Waals surface area contributed by atoms with Crippen molar-refractivity contribution < 1.29 is 5.11 Å². The van der Waals surface area contributed by atoms with Gasteiger partial charge in [0.15, 0.2) is 11.6 Å². The number of nitrogens with one attached hydrogen (secondary N) is 1. The molecule has 1 rings (SSSR count). The van der Waals surface area contributed by atoms with Crippen molar-refractivity contribution in [3.63, 3.8) is 0 Å². The van der Waals surface area contributed by atoms with Crippen LogP contribution in [0.1, 0.15) is 0 Å². The summed E-state index contributed by atoms with van der Waals surface area (Å²) in [5, 5.41) is 21.1. The van der Waals surface area contributed by atoms with Crippen molar-refractivity contribution in [2.24, 2.45) is 0 Å². The first-order chi connectivity index (χ1) is 5.25. The predicted molar refractivity (Wildman–Crippen MR) is 39.4 cm³/mol. The molecule has 7 heteroatoms. The summed E-state index contributed by atoms with van der Waals surface area (Å²) in [7, 11) is 0. The molecule has 1 aromatic heterocycles. The Balaban J connectivity index is 2.96. The highest BCUT2D eigenvalue weighted by Crippen LogP contribution is 2.16. The number of hydrogen-bond acceptors (Lipinski definition) is 7. The van der Waals surface area contributed by atoms with Crippen molar-refractivity contribution in [2.45, 2.75) is 0 Å². The van der Waals surface area contributed by atoms with Crippen molar-refractivity contribution in [2.75, 3.05) is 23.5 Å². The quantitative estimate of drug-likeness (QED) is 0.380. The molecule has 0 aliphatic heterocycles. The van der Waals surface area contributed by atoms with Crippen molar-refractivity contribution in [1.29, 1.82) is 0 Å². The van der Waals surface area contributed by atoms with Gasteiger partial charge in [0.1, 0.15) is 12.4 Å². The molecule has 0 amide bonds. The lowest BCUT2D eigenvalue weighted by Crippen LogP contribution is -2.10. The van der Waals surface area contributed by atoms with Crippen LogP contribution in [0.15, 0.2) is 0 Å². The Labute approximate surface area is 62.4 Å². The molecular weight excluding hydrogens is 148 g/mol. The van der Waals surface area contributed by atoms with Crippen LogP contribution in [0.4, 0.5) is 17.3 Å². The molecule has 0 saturated heterocycles. The number of nitrogens with zero attached hydrogens (tertiary/aromatic N) is 3. The lowest BCUT2D eigenvalue weighted by Gasteiger charge is -2.03. The molecule has 0 radical (unpaired) electrons. The van der Waals surface area contributed by atoms with E-state index in [1.807, 2.05) is 0 Å². The SMILES string of the molecule is Nc1nnnc(NCO)c1N. The molecule has 1 heterocycles. The third-order valence-electron chi connectivity index (χ3n) is 1.07. The number of aliphatic hydroxyl groups is 1. The van der Waals surface area contributed by atoms with E-state index in [0.717, 1.165) is 0 Å². The van der Waals surface area contributed by atoms with E-state index in [0.29, 0.717) is 0 Å². The Hall–Kier alpha value is -1.63. The van der Waals surface area contributed by atoms with Gasteiger partial charge in [0.2, 0.25) is 0 Å². The van der Waals surface area contributed by atoms with Gasteiger partial charge in [0, 0.05) is 0 Å². The van der Waals surface area contributed by atoms with Gasteiger partial charge in [0.25, 0.3) is 0 Å². The molecule has 0 fully saturated rings. The second kappa shape index (κ2) is 2.97. The minimum Gasteiger partial charge on any atom is -0.393 e. The van der Waals surface area contributed by atoms with Crippen molar-refractivity contribution in [3.8, 4) is 0 Å². The summed E-state index contributed by atoms with van der Waals surface area (Å²) in [6, 6.07) is 0. The van der Waals surface area contributed by atoms with Gasteiger partial charge in [-0.2, -0.15) is 0 Å². The van der Waals surface area contributed by atoms with Crippen LogP contribution >= 0.6 is 0 Å². The molecule has 7 nitrogen and oxygen atoms in total. The molecule has 60 valence electrons. The summed E-state index contributed by atoms with van der Waals surface area (Å²) in [6.07, 6.45) is 0. The fourth-order valence-corrected chi connectivity index (χ4v) is 0.550. The molecule has 0 saturated carbocycles. The van der Waals surface area contributed by atoms with Crippen LogP contribution in [-0.2, 0) is 0 Å². The van der Waals surface area contributed by atoms with E-state index in [1.165, 1.54) is 0 Å². The maximum Gasteiger partial charge on any atom is 0.179 e. The van der Waals surface area contributed by atoms with Crippen LogP contribution in [0.3, 0.4) is 0 Å². The first kappa shape index (κ1) is 7.48. The Morgan fingerprint density at radius 2 is 2.09 bits per heavy atom. The summed E-state index contributed by atoms with van der Waals surface area (Å²) in [5.41, 5.74) is 10.9. The number of hydrogen-bond donors (Lipinski definition) is 4. The van der Waals surface area contributed by atoms with Gasteiger partial charge in [-0.15, -0.1) is 10.2 Å². The van der Waals surface area contributed by atoms with Gasteiger partial charge in [-0.05, 0) is 5.21 Å². The molecule has 6 N–H and O–H groups in total. The number of nitrogen functional groups attached to an aromatic ring is 2.